The average molecular weight is 214 g/mol. The SMILES string of the molecule is CCS(=O)(=O)c1cnc(C2CC2)n1C. The molecule has 1 aromatic rings. The van der Waals surface area contributed by atoms with Crippen molar-refractivity contribution in [2.24, 2.45) is 7.05 Å². The molecule has 1 heterocycles. The molecule has 0 radical (unpaired) electrons. The second kappa shape index (κ2) is 3.08. The minimum Gasteiger partial charge on any atom is -0.322 e. The monoisotopic (exact) mass is 214 g/mol. The molecule has 0 atom stereocenters. The van der Waals surface area contributed by atoms with Crippen molar-refractivity contribution in [3.63, 3.8) is 0 Å². The van der Waals surface area contributed by atoms with Gasteiger partial charge in [-0.05, 0) is 12.8 Å². The van der Waals surface area contributed by atoms with Gasteiger partial charge in [0, 0.05) is 13.0 Å². The van der Waals surface area contributed by atoms with Gasteiger partial charge in [0.25, 0.3) is 0 Å². The predicted octanol–water partition coefficient (Wildman–Crippen LogP) is 1.09. The van der Waals surface area contributed by atoms with Gasteiger partial charge in [0.1, 0.15) is 5.82 Å². The standard InChI is InChI=1S/C9H14N2O2S/c1-3-14(12,13)8-6-10-9(11(8)2)7-4-5-7/h6-7H,3-5H2,1-2H3. The van der Waals surface area contributed by atoms with Gasteiger partial charge in [0.15, 0.2) is 14.9 Å². The highest BCUT2D eigenvalue weighted by Gasteiger charge is 2.30. The molecule has 4 nitrogen and oxygen atoms in total. The maximum atomic E-state index is 11.6. The van der Waals surface area contributed by atoms with Gasteiger partial charge in [-0.15, -0.1) is 0 Å². The zero-order valence-corrected chi connectivity index (χ0v) is 9.21. The van der Waals surface area contributed by atoms with Crippen LogP contribution in [0.25, 0.3) is 0 Å². The molecule has 0 N–H and O–H groups in total. The lowest BCUT2D eigenvalue weighted by atomic mass is 10.4. The molecular weight excluding hydrogens is 200 g/mol. The maximum absolute atomic E-state index is 11.6. The van der Waals surface area contributed by atoms with E-state index < -0.39 is 9.84 Å². The largest absolute Gasteiger partial charge is 0.322 e. The van der Waals surface area contributed by atoms with Crippen LogP contribution in [0.15, 0.2) is 11.2 Å². The van der Waals surface area contributed by atoms with Gasteiger partial charge in [0.2, 0.25) is 0 Å². The van der Waals surface area contributed by atoms with Crippen molar-refractivity contribution in [3.8, 4) is 0 Å². The Labute approximate surface area is 83.9 Å². The molecule has 2 rings (SSSR count). The summed E-state index contributed by atoms with van der Waals surface area (Å²) in [5, 5.41) is 0.349. The lowest BCUT2D eigenvalue weighted by Gasteiger charge is -2.04. The van der Waals surface area contributed by atoms with Crippen molar-refractivity contribution in [1.29, 1.82) is 0 Å². The number of imidazole rings is 1. The van der Waals surface area contributed by atoms with Gasteiger partial charge < -0.3 is 4.57 Å². The van der Waals surface area contributed by atoms with Crippen molar-refractivity contribution in [3.05, 3.63) is 12.0 Å². The van der Waals surface area contributed by atoms with E-state index in [2.05, 4.69) is 4.98 Å². The van der Waals surface area contributed by atoms with E-state index in [9.17, 15) is 8.42 Å². The molecule has 0 unspecified atom stereocenters. The summed E-state index contributed by atoms with van der Waals surface area (Å²) >= 11 is 0. The first-order valence-corrected chi connectivity index (χ1v) is 6.46. The Hall–Kier alpha value is -0.840. The van der Waals surface area contributed by atoms with Crippen LogP contribution in [0.5, 0.6) is 0 Å². The molecule has 0 bridgehead atoms. The highest BCUT2D eigenvalue weighted by molar-refractivity contribution is 7.91. The van der Waals surface area contributed by atoms with Crippen molar-refractivity contribution in [2.75, 3.05) is 5.75 Å². The number of hydrogen-bond donors (Lipinski definition) is 0. The number of hydrogen-bond acceptors (Lipinski definition) is 3. The van der Waals surface area contributed by atoms with Crippen LogP contribution in [0.3, 0.4) is 0 Å². The smallest absolute Gasteiger partial charge is 0.195 e. The third kappa shape index (κ3) is 1.45. The Bertz CT molecular complexity index is 443. The van der Waals surface area contributed by atoms with Crippen molar-refractivity contribution in [1.82, 2.24) is 9.55 Å². The quantitative estimate of drug-likeness (QED) is 0.757. The van der Waals surface area contributed by atoms with E-state index >= 15 is 0 Å². The lowest BCUT2D eigenvalue weighted by Crippen LogP contribution is -2.10. The summed E-state index contributed by atoms with van der Waals surface area (Å²) in [6.45, 7) is 1.65. The Morgan fingerprint density at radius 3 is 2.71 bits per heavy atom. The van der Waals surface area contributed by atoms with Crippen molar-refractivity contribution < 1.29 is 8.42 Å². The van der Waals surface area contributed by atoms with Gasteiger partial charge >= 0.3 is 0 Å². The molecule has 5 heteroatoms. The highest BCUT2D eigenvalue weighted by Crippen LogP contribution is 2.39. The summed E-state index contributed by atoms with van der Waals surface area (Å²) in [6, 6.07) is 0. The fourth-order valence-electron chi connectivity index (χ4n) is 1.57. The lowest BCUT2D eigenvalue weighted by molar-refractivity contribution is 0.584. The first-order chi connectivity index (χ1) is 6.56. The number of sulfone groups is 1. The topological polar surface area (TPSA) is 52.0 Å². The van der Waals surface area contributed by atoms with Crippen LogP contribution in [0.4, 0.5) is 0 Å². The Morgan fingerprint density at radius 1 is 1.57 bits per heavy atom. The molecule has 1 aliphatic carbocycles. The average Bonchev–Trinajstić information content (AvgIpc) is 2.90. The summed E-state index contributed by atoms with van der Waals surface area (Å²) in [5.41, 5.74) is 0. The van der Waals surface area contributed by atoms with Gasteiger partial charge in [-0.2, -0.15) is 0 Å². The number of aromatic nitrogens is 2. The third-order valence-electron chi connectivity index (χ3n) is 2.62. The fourth-order valence-corrected chi connectivity index (χ4v) is 2.58. The molecule has 0 aliphatic heterocycles. The zero-order chi connectivity index (χ0) is 10.3. The highest BCUT2D eigenvalue weighted by atomic mass is 32.2. The Kier molecular flexibility index (Phi) is 2.14. The van der Waals surface area contributed by atoms with Crippen molar-refractivity contribution >= 4 is 9.84 Å². The van der Waals surface area contributed by atoms with Crippen LogP contribution in [0.1, 0.15) is 31.5 Å². The minimum absolute atomic E-state index is 0.136. The Morgan fingerprint density at radius 2 is 2.21 bits per heavy atom. The van der Waals surface area contributed by atoms with E-state index in [-0.39, 0.29) is 5.75 Å². The molecule has 78 valence electrons. The molecule has 0 saturated heterocycles. The number of rotatable bonds is 3. The summed E-state index contributed by atoms with van der Waals surface area (Å²) in [4.78, 5) is 4.18. The summed E-state index contributed by atoms with van der Waals surface area (Å²) in [7, 11) is -1.33. The Balaban J connectivity index is 2.45. The van der Waals surface area contributed by atoms with E-state index in [0.29, 0.717) is 10.9 Å². The number of nitrogens with zero attached hydrogens (tertiary/aromatic N) is 2. The van der Waals surface area contributed by atoms with E-state index in [0.717, 1.165) is 18.7 Å². The zero-order valence-electron chi connectivity index (χ0n) is 8.40. The third-order valence-corrected chi connectivity index (χ3v) is 4.40. The molecule has 0 spiro atoms. The molecule has 1 fully saturated rings. The molecule has 1 aliphatic rings. The maximum Gasteiger partial charge on any atom is 0.195 e. The van der Waals surface area contributed by atoms with Crippen LogP contribution in [-0.2, 0) is 16.9 Å². The first kappa shape index (κ1) is 9.71. The summed E-state index contributed by atoms with van der Waals surface area (Å²) in [6.07, 6.45) is 3.75. The van der Waals surface area contributed by atoms with E-state index in [1.165, 1.54) is 6.20 Å². The molecule has 0 aromatic carbocycles. The van der Waals surface area contributed by atoms with Crippen LogP contribution >= 0.6 is 0 Å². The minimum atomic E-state index is -3.11. The van der Waals surface area contributed by atoms with Gasteiger partial charge in [-0.1, -0.05) is 6.92 Å². The predicted molar refractivity (Wildman–Crippen MR) is 52.9 cm³/mol. The van der Waals surface area contributed by atoms with Gasteiger partial charge in [-0.3, -0.25) is 0 Å². The molecule has 1 aromatic heterocycles. The first-order valence-electron chi connectivity index (χ1n) is 4.80. The molecule has 0 amide bonds. The van der Waals surface area contributed by atoms with E-state index in [4.69, 9.17) is 0 Å². The van der Waals surface area contributed by atoms with Crippen molar-refractivity contribution in [2.45, 2.75) is 30.7 Å². The van der Waals surface area contributed by atoms with Crippen LogP contribution in [-0.4, -0.2) is 23.7 Å². The normalized spacial score (nSPS) is 17.3. The van der Waals surface area contributed by atoms with Gasteiger partial charge in [-0.25, -0.2) is 13.4 Å². The fraction of sp³-hybridized carbons (Fsp3) is 0.667. The molecular formula is C9H14N2O2S. The molecule has 1 saturated carbocycles. The van der Waals surface area contributed by atoms with Crippen LogP contribution in [0.2, 0.25) is 0 Å². The second-order valence-corrected chi connectivity index (χ2v) is 5.92. The van der Waals surface area contributed by atoms with Crippen LogP contribution < -0.4 is 0 Å². The van der Waals surface area contributed by atoms with Gasteiger partial charge in [0.05, 0.1) is 11.9 Å². The van der Waals surface area contributed by atoms with E-state index in [1.54, 1.807) is 18.5 Å². The van der Waals surface area contributed by atoms with Crippen LogP contribution in [0, 0.1) is 0 Å². The second-order valence-electron chi connectivity index (χ2n) is 3.69. The van der Waals surface area contributed by atoms with E-state index in [1.807, 2.05) is 0 Å². The molecule has 14 heavy (non-hydrogen) atoms. The summed E-state index contributed by atoms with van der Waals surface area (Å²) in [5.74, 6) is 1.54. The summed E-state index contributed by atoms with van der Waals surface area (Å²) < 4.78 is 25.0.